The van der Waals surface area contributed by atoms with Gasteiger partial charge in [0.2, 0.25) is 11.0 Å². The van der Waals surface area contributed by atoms with Crippen LogP contribution in [0.25, 0.3) is 0 Å². The Kier molecular flexibility index (Phi) is 7.87. The Hall–Kier alpha value is -2.37. The molecule has 0 N–H and O–H groups in total. The molecule has 0 atom stereocenters. The summed E-state index contributed by atoms with van der Waals surface area (Å²) in [6, 6.07) is 8.28. The Balaban J connectivity index is 1.28. The van der Waals surface area contributed by atoms with Crippen LogP contribution in [0.1, 0.15) is 51.2 Å². The zero-order valence-corrected chi connectivity index (χ0v) is 21.1. The predicted molar refractivity (Wildman–Crippen MR) is 130 cm³/mol. The highest BCUT2D eigenvalue weighted by atomic mass is 35.5. The van der Waals surface area contributed by atoms with Gasteiger partial charge in [0.1, 0.15) is 12.2 Å². The minimum atomic E-state index is -4.54. The van der Waals surface area contributed by atoms with Crippen LogP contribution in [-0.2, 0) is 23.3 Å². The molecule has 35 heavy (non-hydrogen) atoms. The van der Waals surface area contributed by atoms with Crippen molar-refractivity contribution >= 4 is 45.7 Å². The lowest BCUT2D eigenvalue weighted by Gasteiger charge is -2.31. The molecule has 12 heteroatoms. The van der Waals surface area contributed by atoms with Crippen LogP contribution < -0.4 is 0 Å². The van der Waals surface area contributed by atoms with E-state index < -0.39 is 11.9 Å². The van der Waals surface area contributed by atoms with Crippen LogP contribution >= 0.6 is 34.7 Å². The first-order valence-corrected chi connectivity index (χ1v) is 13.1. The van der Waals surface area contributed by atoms with Crippen molar-refractivity contribution in [2.75, 3.05) is 13.1 Å². The molecule has 1 aromatic carbocycles. The maximum atomic E-state index is 12.9. The molecular formula is C23H22ClF3N4O2S2. The summed E-state index contributed by atoms with van der Waals surface area (Å²) in [5.41, 5.74) is 0.716. The van der Waals surface area contributed by atoms with E-state index in [1.807, 2.05) is 12.1 Å². The summed E-state index contributed by atoms with van der Waals surface area (Å²) in [5, 5.41) is 6.72. The maximum absolute atomic E-state index is 12.9. The molecule has 0 unspecified atom stereocenters. The fourth-order valence-corrected chi connectivity index (χ4v) is 5.70. The van der Waals surface area contributed by atoms with E-state index in [2.05, 4.69) is 10.1 Å². The highest BCUT2D eigenvalue weighted by molar-refractivity contribution is 8.13. The van der Waals surface area contributed by atoms with Gasteiger partial charge in [-0.05, 0) is 43.5 Å². The van der Waals surface area contributed by atoms with Gasteiger partial charge in [0, 0.05) is 40.9 Å². The number of carbonyl (C=O) groups excluding carboxylic acids is 2. The molecule has 4 rings (SSSR count). The number of carbonyl (C=O) groups is 2. The van der Waals surface area contributed by atoms with Crippen LogP contribution in [0.3, 0.4) is 0 Å². The molecule has 0 aliphatic carbocycles. The van der Waals surface area contributed by atoms with Crippen molar-refractivity contribution in [2.24, 2.45) is 0 Å². The van der Waals surface area contributed by atoms with Crippen LogP contribution in [0.15, 0.2) is 35.7 Å². The van der Waals surface area contributed by atoms with Gasteiger partial charge < -0.3 is 4.90 Å². The van der Waals surface area contributed by atoms with Crippen molar-refractivity contribution < 1.29 is 22.8 Å². The Morgan fingerprint density at radius 3 is 2.51 bits per heavy atom. The van der Waals surface area contributed by atoms with Crippen molar-refractivity contribution in [3.05, 3.63) is 68.4 Å². The number of likely N-dealkylation sites (tertiary alicyclic amines) is 1. The predicted octanol–water partition coefficient (Wildman–Crippen LogP) is 5.80. The fourth-order valence-electron chi connectivity index (χ4n) is 3.79. The van der Waals surface area contributed by atoms with E-state index in [0.29, 0.717) is 42.4 Å². The Labute approximate surface area is 213 Å². The van der Waals surface area contributed by atoms with Crippen LogP contribution in [0, 0.1) is 6.92 Å². The van der Waals surface area contributed by atoms with E-state index in [1.54, 1.807) is 22.4 Å². The average Bonchev–Trinajstić information content (AvgIpc) is 3.46. The van der Waals surface area contributed by atoms with Gasteiger partial charge in [0.05, 0.1) is 5.01 Å². The highest BCUT2D eigenvalue weighted by Crippen LogP contribution is 2.32. The molecule has 6 nitrogen and oxygen atoms in total. The molecule has 1 amide bonds. The van der Waals surface area contributed by atoms with E-state index in [-0.39, 0.29) is 29.2 Å². The maximum Gasteiger partial charge on any atom is 0.435 e. The molecule has 2 aromatic heterocycles. The number of hydrogen-bond acceptors (Lipinski definition) is 6. The highest BCUT2D eigenvalue weighted by Gasteiger charge is 2.35. The molecule has 1 aliphatic rings. The minimum absolute atomic E-state index is 0.0946. The largest absolute Gasteiger partial charge is 0.435 e. The fraction of sp³-hybridized carbons (Fsp3) is 0.391. The summed E-state index contributed by atoms with van der Waals surface area (Å²) >= 11 is 8.52. The van der Waals surface area contributed by atoms with Gasteiger partial charge in [-0.25, -0.2) is 4.98 Å². The van der Waals surface area contributed by atoms with Crippen LogP contribution in [0.4, 0.5) is 13.2 Å². The zero-order chi connectivity index (χ0) is 25.2. The molecule has 1 fully saturated rings. The second kappa shape index (κ2) is 10.7. The zero-order valence-electron chi connectivity index (χ0n) is 18.7. The Bertz CT molecular complexity index is 1200. The number of nitrogens with zero attached hydrogens (tertiary/aromatic N) is 4. The molecule has 1 saturated heterocycles. The number of amides is 1. The van der Waals surface area contributed by atoms with Crippen molar-refractivity contribution in [2.45, 2.75) is 44.2 Å². The van der Waals surface area contributed by atoms with E-state index in [0.717, 1.165) is 21.3 Å². The van der Waals surface area contributed by atoms with E-state index in [1.165, 1.54) is 30.0 Å². The second-order valence-electron chi connectivity index (χ2n) is 8.26. The summed E-state index contributed by atoms with van der Waals surface area (Å²) in [4.78, 5) is 31.4. The minimum Gasteiger partial charge on any atom is -0.341 e. The lowest BCUT2D eigenvalue weighted by atomic mass is 9.97. The number of halogens is 4. The average molecular weight is 543 g/mol. The molecule has 3 heterocycles. The van der Waals surface area contributed by atoms with Gasteiger partial charge in [-0.3, -0.25) is 14.3 Å². The Morgan fingerprint density at radius 1 is 1.20 bits per heavy atom. The number of benzene rings is 1. The van der Waals surface area contributed by atoms with Gasteiger partial charge in [-0.15, -0.1) is 11.3 Å². The lowest BCUT2D eigenvalue weighted by molar-refractivity contribution is -0.142. The van der Waals surface area contributed by atoms with Gasteiger partial charge in [-0.1, -0.05) is 35.5 Å². The first kappa shape index (κ1) is 25.7. The first-order chi connectivity index (χ1) is 16.6. The lowest BCUT2D eigenvalue weighted by Crippen LogP contribution is -2.40. The van der Waals surface area contributed by atoms with Gasteiger partial charge in [-0.2, -0.15) is 18.3 Å². The summed E-state index contributed by atoms with van der Waals surface area (Å²) in [6.45, 7) is 2.22. The molecule has 0 radical (unpaired) electrons. The van der Waals surface area contributed by atoms with Gasteiger partial charge in [0.25, 0.3) is 0 Å². The number of thiazole rings is 1. The SMILES string of the molecule is Cc1cc(C(F)(F)F)nn1CC(=O)N1CCC(c2nc(C(=O)SCc3ccc(Cl)cc3)cs2)CC1. The standard InChI is InChI=1S/C23H22ClF3N4O2S2/c1-14-10-19(23(25,26)27)29-31(14)11-20(32)30-8-6-16(7-9-30)21-28-18(13-34-21)22(33)35-12-15-2-4-17(24)5-3-15/h2-5,10,13,16H,6-9,11-12H2,1H3. The van der Waals surface area contributed by atoms with E-state index >= 15 is 0 Å². The number of hydrogen-bond donors (Lipinski definition) is 0. The molecule has 0 bridgehead atoms. The number of rotatable bonds is 6. The number of piperidine rings is 1. The number of aryl methyl sites for hydroxylation is 1. The third-order valence-corrected chi connectivity index (χ3v) is 7.98. The summed E-state index contributed by atoms with van der Waals surface area (Å²) in [7, 11) is 0. The van der Waals surface area contributed by atoms with Crippen molar-refractivity contribution in [1.29, 1.82) is 0 Å². The summed E-state index contributed by atoms with van der Waals surface area (Å²) in [5.74, 6) is 0.399. The molecule has 1 aliphatic heterocycles. The van der Waals surface area contributed by atoms with E-state index in [9.17, 15) is 22.8 Å². The van der Waals surface area contributed by atoms with Crippen molar-refractivity contribution in [1.82, 2.24) is 19.7 Å². The van der Waals surface area contributed by atoms with Gasteiger partial charge >= 0.3 is 6.18 Å². The number of thioether (sulfide) groups is 1. The normalized spacial score (nSPS) is 14.9. The topological polar surface area (TPSA) is 68.1 Å². The third-order valence-electron chi connectivity index (χ3n) is 5.77. The van der Waals surface area contributed by atoms with Crippen LogP contribution in [0.5, 0.6) is 0 Å². The van der Waals surface area contributed by atoms with Crippen LogP contribution in [0.2, 0.25) is 5.02 Å². The Morgan fingerprint density at radius 2 is 1.89 bits per heavy atom. The molecule has 186 valence electrons. The van der Waals surface area contributed by atoms with E-state index in [4.69, 9.17) is 11.6 Å². The second-order valence-corrected chi connectivity index (χ2v) is 10.5. The van der Waals surface area contributed by atoms with Crippen LogP contribution in [-0.4, -0.2) is 43.8 Å². The molecule has 0 spiro atoms. The molecule has 3 aromatic rings. The first-order valence-electron chi connectivity index (χ1n) is 10.9. The summed E-state index contributed by atoms with van der Waals surface area (Å²) < 4.78 is 39.7. The molecular weight excluding hydrogens is 521 g/mol. The quantitative estimate of drug-likeness (QED) is 0.394. The van der Waals surface area contributed by atoms with Crippen molar-refractivity contribution in [3.63, 3.8) is 0 Å². The smallest absolute Gasteiger partial charge is 0.341 e. The number of aromatic nitrogens is 3. The molecule has 0 saturated carbocycles. The number of alkyl halides is 3. The third kappa shape index (κ3) is 6.45. The van der Waals surface area contributed by atoms with Gasteiger partial charge in [0.15, 0.2) is 5.69 Å². The monoisotopic (exact) mass is 542 g/mol. The van der Waals surface area contributed by atoms with Crippen molar-refractivity contribution in [3.8, 4) is 0 Å². The summed E-state index contributed by atoms with van der Waals surface area (Å²) in [6.07, 6.45) is -3.19.